The van der Waals surface area contributed by atoms with Crippen LogP contribution in [-0.4, -0.2) is 14.8 Å². The van der Waals surface area contributed by atoms with Gasteiger partial charge in [0.15, 0.2) is 0 Å². The number of halogens is 5. The summed E-state index contributed by atoms with van der Waals surface area (Å²) in [7, 11) is 1.21. The highest BCUT2D eigenvalue weighted by molar-refractivity contribution is 8.13. The summed E-state index contributed by atoms with van der Waals surface area (Å²) in [6, 6.07) is 8.76. The number of hydrogen-bond acceptors (Lipinski definition) is 3. The lowest BCUT2D eigenvalue weighted by Gasteiger charge is -2.12. The van der Waals surface area contributed by atoms with Gasteiger partial charge in [0.1, 0.15) is 5.75 Å². The van der Waals surface area contributed by atoms with E-state index in [2.05, 4.69) is 4.74 Å². The Bertz CT molecular complexity index is 804. The van der Waals surface area contributed by atoms with Crippen LogP contribution in [0.5, 0.6) is 5.75 Å². The molecule has 2 rings (SSSR count). The van der Waals surface area contributed by atoms with Crippen LogP contribution in [0.25, 0.3) is 11.1 Å². The van der Waals surface area contributed by atoms with Gasteiger partial charge in [-0.3, -0.25) is 0 Å². The van der Waals surface area contributed by atoms with Gasteiger partial charge < -0.3 is 4.74 Å². The summed E-state index contributed by atoms with van der Waals surface area (Å²) < 4.78 is 63.7. The lowest BCUT2D eigenvalue weighted by Crippen LogP contribution is -2.17. The minimum Gasteiger partial charge on any atom is -0.406 e. The predicted octanol–water partition coefficient (Wildman–Crippen LogP) is 4.83. The number of alkyl halides is 3. The normalized spacial score (nSPS) is 12.2. The van der Waals surface area contributed by atoms with Gasteiger partial charge in [0.2, 0.25) is 0 Å². The fourth-order valence-corrected chi connectivity index (χ4v) is 3.13. The van der Waals surface area contributed by atoms with E-state index in [4.69, 9.17) is 22.3 Å². The summed E-state index contributed by atoms with van der Waals surface area (Å²) in [4.78, 5) is -0.300. The molecule has 2 aromatic rings. The van der Waals surface area contributed by atoms with E-state index in [1.54, 1.807) is 0 Å². The Kier molecular flexibility index (Phi) is 4.60. The summed E-state index contributed by atoms with van der Waals surface area (Å²) in [5.74, 6) is -0.474. The Morgan fingerprint density at radius 2 is 1.73 bits per heavy atom. The molecule has 22 heavy (non-hydrogen) atoms. The first-order valence-corrected chi connectivity index (χ1v) is 8.35. The maximum Gasteiger partial charge on any atom is 0.573 e. The molecule has 0 aliphatic heterocycles. The zero-order valence-electron chi connectivity index (χ0n) is 10.6. The van der Waals surface area contributed by atoms with E-state index in [0.717, 1.165) is 18.2 Å². The molecule has 2 aromatic carbocycles. The van der Waals surface area contributed by atoms with Crippen LogP contribution >= 0.6 is 22.3 Å². The minimum atomic E-state index is -4.85. The van der Waals surface area contributed by atoms with Crippen LogP contribution in [0.4, 0.5) is 13.2 Å². The first-order chi connectivity index (χ1) is 10.1. The molecule has 0 aliphatic carbocycles. The molecule has 0 heterocycles. The molecule has 0 radical (unpaired) electrons. The number of ether oxygens (including phenoxy) is 1. The van der Waals surface area contributed by atoms with Crippen molar-refractivity contribution in [3.05, 3.63) is 47.5 Å². The van der Waals surface area contributed by atoms with Crippen LogP contribution in [0.2, 0.25) is 5.02 Å². The Balaban J connectivity index is 2.56. The van der Waals surface area contributed by atoms with Gasteiger partial charge in [0.25, 0.3) is 9.05 Å². The van der Waals surface area contributed by atoms with Crippen molar-refractivity contribution in [3.8, 4) is 16.9 Å². The summed E-state index contributed by atoms with van der Waals surface area (Å²) in [5, 5.41) is 0.130. The van der Waals surface area contributed by atoms with E-state index in [9.17, 15) is 21.6 Å². The van der Waals surface area contributed by atoms with Crippen LogP contribution in [0.15, 0.2) is 47.4 Å². The second-order valence-corrected chi connectivity index (χ2v) is 7.12. The second-order valence-electron chi connectivity index (χ2n) is 4.15. The first kappa shape index (κ1) is 16.9. The molecular formula is C13H7Cl2F3O3S. The number of rotatable bonds is 3. The van der Waals surface area contributed by atoms with Gasteiger partial charge in [-0.15, -0.1) is 13.2 Å². The molecule has 9 heteroatoms. The molecule has 0 saturated carbocycles. The maximum atomic E-state index is 12.2. The van der Waals surface area contributed by atoms with Crippen molar-refractivity contribution in [2.24, 2.45) is 0 Å². The highest BCUT2D eigenvalue weighted by Crippen LogP contribution is 2.34. The molecule has 0 aromatic heterocycles. The van der Waals surface area contributed by atoms with Crippen LogP contribution in [0.3, 0.4) is 0 Å². The van der Waals surface area contributed by atoms with Gasteiger partial charge in [0, 0.05) is 21.3 Å². The van der Waals surface area contributed by atoms with E-state index >= 15 is 0 Å². The Morgan fingerprint density at radius 3 is 2.32 bits per heavy atom. The molecular weight excluding hydrogens is 364 g/mol. The third-order valence-electron chi connectivity index (χ3n) is 2.58. The molecule has 0 aliphatic rings. The van der Waals surface area contributed by atoms with Crippen molar-refractivity contribution in [1.82, 2.24) is 0 Å². The monoisotopic (exact) mass is 370 g/mol. The zero-order valence-corrected chi connectivity index (χ0v) is 12.9. The Morgan fingerprint density at radius 1 is 1.05 bits per heavy atom. The quantitative estimate of drug-likeness (QED) is 0.726. The fraction of sp³-hybridized carbons (Fsp3) is 0.0769. The van der Waals surface area contributed by atoms with Gasteiger partial charge in [0.05, 0.1) is 4.90 Å². The van der Waals surface area contributed by atoms with E-state index in [-0.39, 0.29) is 21.0 Å². The minimum absolute atomic E-state index is 0.118. The van der Waals surface area contributed by atoms with Crippen LogP contribution in [-0.2, 0) is 9.05 Å². The molecule has 0 atom stereocenters. The molecule has 0 fully saturated rings. The maximum absolute atomic E-state index is 12.2. The second kappa shape index (κ2) is 5.98. The lowest BCUT2D eigenvalue weighted by molar-refractivity contribution is -0.274. The van der Waals surface area contributed by atoms with E-state index in [0.29, 0.717) is 0 Å². The van der Waals surface area contributed by atoms with Crippen molar-refractivity contribution in [2.45, 2.75) is 11.3 Å². The standard InChI is InChI=1S/C13H7Cl2F3O3S/c14-9-4-5-11(12(7-9)22(15,19)20)8-2-1-3-10(6-8)21-13(16,17)18/h1-7H. The highest BCUT2D eigenvalue weighted by atomic mass is 35.7. The van der Waals surface area contributed by atoms with Crippen molar-refractivity contribution in [1.29, 1.82) is 0 Å². The molecule has 3 nitrogen and oxygen atoms in total. The van der Waals surface area contributed by atoms with Crippen LogP contribution < -0.4 is 4.74 Å². The SMILES string of the molecule is O=S(=O)(Cl)c1cc(Cl)ccc1-c1cccc(OC(F)(F)F)c1. The topological polar surface area (TPSA) is 43.4 Å². The van der Waals surface area contributed by atoms with Crippen molar-refractivity contribution < 1.29 is 26.3 Å². The van der Waals surface area contributed by atoms with Gasteiger partial charge >= 0.3 is 6.36 Å². The summed E-state index contributed by atoms with van der Waals surface area (Å²) in [6.45, 7) is 0. The smallest absolute Gasteiger partial charge is 0.406 e. The summed E-state index contributed by atoms with van der Waals surface area (Å²) >= 11 is 5.73. The zero-order chi connectivity index (χ0) is 16.5. The number of hydrogen-bond donors (Lipinski definition) is 0. The van der Waals surface area contributed by atoms with Crippen LogP contribution in [0, 0.1) is 0 Å². The molecule has 0 bridgehead atoms. The van der Waals surface area contributed by atoms with Gasteiger partial charge in [-0.25, -0.2) is 8.42 Å². The molecule has 0 unspecified atom stereocenters. The van der Waals surface area contributed by atoms with Gasteiger partial charge in [-0.05, 0) is 29.8 Å². The Labute approximate surface area is 133 Å². The largest absolute Gasteiger partial charge is 0.573 e. The molecule has 0 spiro atoms. The predicted molar refractivity (Wildman–Crippen MR) is 76.6 cm³/mol. The van der Waals surface area contributed by atoms with E-state index < -0.39 is 21.2 Å². The van der Waals surface area contributed by atoms with Crippen molar-refractivity contribution in [2.75, 3.05) is 0 Å². The van der Waals surface area contributed by atoms with Gasteiger partial charge in [-0.2, -0.15) is 0 Å². The average Bonchev–Trinajstić information content (AvgIpc) is 2.36. The average molecular weight is 371 g/mol. The first-order valence-electron chi connectivity index (χ1n) is 5.67. The van der Waals surface area contributed by atoms with E-state index in [1.165, 1.54) is 24.3 Å². The van der Waals surface area contributed by atoms with Crippen LogP contribution in [0.1, 0.15) is 0 Å². The molecule has 118 valence electrons. The van der Waals surface area contributed by atoms with E-state index in [1.807, 2.05) is 0 Å². The highest BCUT2D eigenvalue weighted by Gasteiger charge is 2.31. The van der Waals surface area contributed by atoms with Gasteiger partial charge in [-0.1, -0.05) is 29.8 Å². The summed E-state index contributed by atoms with van der Waals surface area (Å²) in [5.41, 5.74) is 0.310. The lowest BCUT2D eigenvalue weighted by atomic mass is 10.1. The fourth-order valence-electron chi connectivity index (χ4n) is 1.80. The van der Waals surface area contributed by atoms with Crippen molar-refractivity contribution in [3.63, 3.8) is 0 Å². The van der Waals surface area contributed by atoms with Crippen molar-refractivity contribution >= 4 is 31.3 Å². The Hall–Kier alpha value is -1.44. The third-order valence-corrected chi connectivity index (χ3v) is 4.18. The molecule has 0 saturated heterocycles. The molecule has 0 amide bonds. The number of benzene rings is 2. The summed E-state index contributed by atoms with van der Waals surface area (Å²) in [6.07, 6.45) is -4.85. The molecule has 0 N–H and O–H groups in total. The third kappa shape index (κ3) is 4.28.